The first kappa shape index (κ1) is 12.6. The van der Waals surface area contributed by atoms with Gasteiger partial charge in [-0.1, -0.05) is 24.3 Å². The quantitative estimate of drug-likeness (QED) is 0.891. The third kappa shape index (κ3) is 2.22. The molecule has 5 heteroatoms. The van der Waals surface area contributed by atoms with Crippen LogP contribution in [0.15, 0.2) is 41.2 Å². The molecule has 0 spiro atoms. The fourth-order valence-corrected chi connectivity index (χ4v) is 2.56. The number of carbonyl (C=O) groups excluding carboxylic acids is 1. The SMILES string of the molecule is Cn1nc(C(=O)N[C@@H]2CCc3ccccc32)ccc1=O. The maximum absolute atomic E-state index is 12.2. The van der Waals surface area contributed by atoms with E-state index in [0.29, 0.717) is 0 Å². The molecule has 5 nitrogen and oxygen atoms in total. The number of nitrogens with one attached hydrogen (secondary N) is 1. The number of rotatable bonds is 2. The predicted molar refractivity (Wildman–Crippen MR) is 74.4 cm³/mol. The monoisotopic (exact) mass is 269 g/mol. The van der Waals surface area contributed by atoms with Crippen LogP contribution in [0.3, 0.4) is 0 Å². The van der Waals surface area contributed by atoms with Crippen LogP contribution in [0.25, 0.3) is 0 Å². The molecule has 0 aliphatic heterocycles. The van der Waals surface area contributed by atoms with E-state index < -0.39 is 0 Å². The Morgan fingerprint density at radius 2 is 2.10 bits per heavy atom. The first-order chi connectivity index (χ1) is 9.65. The standard InChI is InChI=1S/C15H15N3O2/c1-18-14(19)9-8-13(17-18)15(20)16-12-7-6-10-4-2-3-5-11(10)12/h2-5,8-9,12H,6-7H2,1H3,(H,16,20)/t12-/m1/s1. The van der Waals surface area contributed by atoms with Gasteiger partial charge in [-0.3, -0.25) is 9.59 Å². The zero-order chi connectivity index (χ0) is 14.1. The van der Waals surface area contributed by atoms with Gasteiger partial charge in [-0.2, -0.15) is 5.10 Å². The van der Waals surface area contributed by atoms with Crippen LogP contribution in [-0.4, -0.2) is 15.7 Å². The molecule has 20 heavy (non-hydrogen) atoms. The van der Waals surface area contributed by atoms with Gasteiger partial charge in [-0.05, 0) is 30.0 Å². The number of carbonyl (C=O) groups is 1. The van der Waals surface area contributed by atoms with E-state index in [1.54, 1.807) is 0 Å². The Balaban J connectivity index is 1.80. The topological polar surface area (TPSA) is 64.0 Å². The molecule has 2 aromatic rings. The number of amides is 1. The van der Waals surface area contributed by atoms with E-state index >= 15 is 0 Å². The number of aryl methyl sites for hydroxylation is 2. The van der Waals surface area contributed by atoms with E-state index in [0.717, 1.165) is 17.5 Å². The Labute approximate surface area is 116 Å². The van der Waals surface area contributed by atoms with Gasteiger partial charge in [0.15, 0.2) is 0 Å². The van der Waals surface area contributed by atoms with E-state index in [1.165, 1.54) is 30.3 Å². The lowest BCUT2D eigenvalue weighted by atomic mass is 10.1. The Hall–Kier alpha value is -2.43. The highest BCUT2D eigenvalue weighted by molar-refractivity contribution is 5.92. The van der Waals surface area contributed by atoms with Crippen molar-refractivity contribution in [3.8, 4) is 0 Å². The van der Waals surface area contributed by atoms with Crippen LogP contribution < -0.4 is 10.9 Å². The summed E-state index contributed by atoms with van der Waals surface area (Å²) in [6, 6.07) is 11.0. The fraction of sp³-hybridized carbons (Fsp3) is 0.267. The maximum Gasteiger partial charge on any atom is 0.272 e. The van der Waals surface area contributed by atoms with Crippen molar-refractivity contribution >= 4 is 5.91 Å². The Kier molecular flexibility index (Phi) is 3.10. The van der Waals surface area contributed by atoms with Crippen molar-refractivity contribution < 1.29 is 4.79 Å². The van der Waals surface area contributed by atoms with Crippen molar-refractivity contribution in [2.24, 2.45) is 7.05 Å². The van der Waals surface area contributed by atoms with Gasteiger partial charge in [0.1, 0.15) is 5.69 Å². The van der Waals surface area contributed by atoms with Gasteiger partial charge in [-0.25, -0.2) is 4.68 Å². The molecule has 1 aliphatic carbocycles. The molecule has 0 fully saturated rings. The van der Waals surface area contributed by atoms with Crippen LogP contribution in [-0.2, 0) is 13.5 Å². The van der Waals surface area contributed by atoms with Crippen molar-refractivity contribution in [1.29, 1.82) is 0 Å². The second-order valence-electron chi connectivity index (χ2n) is 4.94. The average molecular weight is 269 g/mol. The summed E-state index contributed by atoms with van der Waals surface area (Å²) >= 11 is 0. The minimum Gasteiger partial charge on any atom is -0.344 e. The number of hydrogen-bond acceptors (Lipinski definition) is 3. The lowest BCUT2D eigenvalue weighted by Gasteiger charge is -2.13. The van der Waals surface area contributed by atoms with Crippen molar-refractivity contribution in [3.63, 3.8) is 0 Å². The van der Waals surface area contributed by atoms with Gasteiger partial charge in [0.05, 0.1) is 6.04 Å². The van der Waals surface area contributed by atoms with E-state index in [2.05, 4.69) is 16.5 Å². The molecule has 1 atom stereocenters. The zero-order valence-electron chi connectivity index (χ0n) is 11.2. The second-order valence-corrected chi connectivity index (χ2v) is 4.94. The smallest absolute Gasteiger partial charge is 0.272 e. The number of fused-ring (bicyclic) bond motifs is 1. The van der Waals surface area contributed by atoms with E-state index in [1.807, 2.05) is 18.2 Å². The number of nitrogens with zero attached hydrogens (tertiary/aromatic N) is 2. The number of aromatic nitrogens is 2. The van der Waals surface area contributed by atoms with Crippen LogP contribution in [0.2, 0.25) is 0 Å². The largest absolute Gasteiger partial charge is 0.344 e. The Bertz CT molecular complexity index is 721. The minimum atomic E-state index is -0.248. The van der Waals surface area contributed by atoms with Gasteiger partial charge in [0, 0.05) is 13.1 Å². The predicted octanol–water partition coefficient (Wildman–Crippen LogP) is 1.20. The molecule has 0 saturated carbocycles. The van der Waals surface area contributed by atoms with Crippen LogP contribution in [0.1, 0.15) is 34.1 Å². The van der Waals surface area contributed by atoms with Gasteiger partial charge in [0.2, 0.25) is 0 Å². The summed E-state index contributed by atoms with van der Waals surface area (Å²) in [6.07, 6.45) is 1.87. The molecule has 1 aliphatic rings. The zero-order valence-corrected chi connectivity index (χ0v) is 11.2. The lowest BCUT2D eigenvalue weighted by molar-refractivity contribution is 0.0929. The highest BCUT2D eigenvalue weighted by Crippen LogP contribution is 2.30. The molecule has 0 radical (unpaired) electrons. The molecule has 1 N–H and O–H groups in total. The van der Waals surface area contributed by atoms with Crippen molar-refractivity contribution in [1.82, 2.24) is 15.1 Å². The number of hydrogen-bond donors (Lipinski definition) is 1. The Morgan fingerprint density at radius 3 is 2.90 bits per heavy atom. The average Bonchev–Trinajstić information content (AvgIpc) is 2.85. The van der Waals surface area contributed by atoms with Crippen molar-refractivity contribution in [2.75, 3.05) is 0 Å². The second kappa shape index (κ2) is 4.92. The number of benzene rings is 1. The summed E-state index contributed by atoms with van der Waals surface area (Å²) in [5, 5.41) is 6.94. The molecule has 0 saturated heterocycles. The third-order valence-electron chi connectivity index (χ3n) is 3.63. The van der Waals surface area contributed by atoms with Crippen LogP contribution in [0.5, 0.6) is 0 Å². The van der Waals surface area contributed by atoms with Gasteiger partial charge in [-0.15, -0.1) is 0 Å². The van der Waals surface area contributed by atoms with Crippen molar-refractivity contribution in [2.45, 2.75) is 18.9 Å². The van der Waals surface area contributed by atoms with Gasteiger partial charge < -0.3 is 5.32 Å². The molecule has 0 bridgehead atoms. The molecule has 1 amide bonds. The lowest BCUT2D eigenvalue weighted by Crippen LogP contribution is -2.30. The van der Waals surface area contributed by atoms with Crippen LogP contribution in [0.4, 0.5) is 0 Å². The Morgan fingerprint density at radius 1 is 1.30 bits per heavy atom. The summed E-state index contributed by atoms with van der Waals surface area (Å²) in [5.74, 6) is -0.248. The summed E-state index contributed by atoms with van der Waals surface area (Å²) in [4.78, 5) is 23.5. The summed E-state index contributed by atoms with van der Waals surface area (Å²) in [5.41, 5.74) is 2.49. The molecule has 3 rings (SSSR count). The fourth-order valence-electron chi connectivity index (χ4n) is 2.56. The molecule has 1 aromatic carbocycles. The highest BCUT2D eigenvalue weighted by atomic mass is 16.2. The van der Waals surface area contributed by atoms with E-state index in [4.69, 9.17) is 0 Å². The molecule has 0 unspecified atom stereocenters. The van der Waals surface area contributed by atoms with Gasteiger partial charge in [0.25, 0.3) is 11.5 Å². The maximum atomic E-state index is 12.2. The minimum absolute atomic E-state index is 0.0257. The van der Waals surface area contributed by atoms with E-state index in [9.17, 15) is 9.59 Å². The summed E-state index contributed by atoms with van der Waals surface area (Å²) in [6.45, 7) is 0. The summed E-state index contributed by atoms with van der Waals surface area (Å²) in [7, 11) is 1.53. The van der Waals surface area contributed by atoms with Crippen LogP contribution >= 0.6 is 0 Å². The van der Waals surface area contributed by atoms with E-state index in [-0.39, 0.29) is 23.2 Å². The molecular weight excluding hydrogens is 254 g/mol. The first-order valence-corrected chi connectivity index (χ1v) is 6.58. The first-order valence-electron chi connectivity index (χ1n) is 6.58. The van der Waals surface area contributed by atoms with Crippen molar-refractivity contribution in [3.05, 3.63) is 63.6 Å². The van der Waals surface area contributed by atoms with Crippen LogP contribution in [0, 0.1) is 0 Å². The highest BCUT2D eigenvalue weighted by Gasteiger charge is 2.24. The molecular formula is C15H15N3O2. The van der Waals surface area contributed by atoms with Gasteiger partial charge >= 0.3 is 0 Å². The summed E-state index contributed by atoms with van der Waals surface area (Å²) < 4.78 is 1.16. The molecule has 102 valence electrons. The third-order valence-corrected chi connectivity index (χ3v) is 3.63. The molecule has 1 heterocycles. The normalized spacial score (nSPS) is 16.8. The molecule has 1 aromatic heterocycles.